The first-order valence-electron chi connectivity index (χ1n) is 9.85. The van der Waals surface area contributed by atoms with Gasteiger partial charge in [-0.1, -0.05) is 49.7 Å². The van der Waals surface area contributed by atoms with Gasteiger partial charge in [-0.25, -0.2) is 4.89 Å². The van der Waals surface area contributed by atoms with Crippen LogP contribution in [0.5, 0.6) is 0 Å². The van der Waals surface area contributed by atoms with Crippen molar-refractivity contribution in [2.75, 3.05) is 13.7 Å². The van der Waals surface area contributed by atoms with Gasteiger partial charge >= 0.3 is 6.18 Å². The van der Waals surface area contributed by atoms with Crippen LogP contribution in [0.3, 0.4) is 0 Å². The lowest BCUT2D eigenvalue weighted by Crippen LogP contribution is -2.49. The Bertz CT molecular complexity index is 900. The minimum absolute atomic E-state index is 0.00361. The highest BCUT2D eigenvalue weighted by atomic mass is 32.2. The molecular weight excluding hydrogens is 443 g/mol. The van der Waals surface area contributed by atoms with Gasteiger partial charge in [0.1, 0.15) is 12.6 Å². The van der Waals surface area contributed by atoms with Crippen molar-refractivity contribution in [3.8, 4) is 17.2 Å². The molecular formula is C22H24F3N3O3S. The minimum Gasteiger partial charge on any atom is -0.342 e. The van der Waals surface area contributed by atoms with Gasteiger partial charge in [-0.15, -0.1) is 0 Å². The third-order valence-corrected chi connectivity index (χ3v) is 5.23. The topological polar surface area (TPSA) is 83.4 Å². The van der Waals surface area contributed by atoms with Crippen molar-refractivity contribution >= 4 is 17.9 Å². The van der Waals surface area contributed by atoms with E-state index in [4.69, 9.17) is 9.60 Å². The van der Waals surface area contributed by atoms with Crippen LogP contribution in [-0.2, 0) is 14.0 Å². The molecule has 6 nitrogen and oxygen atoms in total. The summed E-state index contributed by atoms with van der Waals surface area (Å²) in [6.07, 6.45) is -3.90. The zero-order chi connectivity index (χ0) is 23.6. The molecule has 2 aromatic carbocycles. The van der Waals surface area contributed by atoms with Gasteiger partial charge in [-0.2, -0.15) is 22.8 Å². The first kappa shape index (κ1) is 25.7. The molecule has 32 heavy (non-hydrogen) atoms. The smallest absolute Gasteiger partial charge is 0.342 e. The van der Waals surface area contributed by atoms with Gasteiger partial charge in [0.15, 0.2) is 0 Å². The fraction of sp³-hybridized carbons (Fsp3) is 0.364. The molecule has 0 spiro atoms. The van der Waals surface area contributed by atoms with Gasteiger partial charge in [0.05, 0.1) is 31.3 Å². The van der Waals surface area contributed by atoms with E-state index < -0.39 is 24.2 Å². The van der Waals surface area contributed by atoms with E-state index in [2.05, 4.69) is 15.5 Å². The molecule has 2 rings (SSSR count). The molecule has 2 atom stereocenters. The lowest BCUT2D eigenvalue weighted by molar-refractivity contribution is -0.161. The second-order valence-electron chi connectivity index (χ2n) is 6.82. The van der Waals surface area contributed by atoms with E-state index in [1.54, 1.807) is 25.1 Å². The van der Waals surface area contributed by atoms with E-state index in [9.17, 15) is 18.0 Å². The first-order chi connectivity index (χ1) is 15.3. The number of nitrogens with zero attached hydrogens (tertiary/aromatic N) is 1. The Labute approximate surface area is 189 Å². The normalized spacial score (nSPS) is 13.2. The van der Waals surface area contributed by atoms with Crippen LogP contribution in [0.1, 0.15) is 31.4 Å². The quantitative estimate of drug-likeness (QED) is 0.211. The summed E-state index contributed by atoms with van der Waals surface area (Å²) < 4.78 is 46.2. The molecule has 0 aliphatic rings. The molecule has 0 aliphatic carbocycles. The summed E-state index contributed by atoms with van der Waals surface area (Å²) in [6.45, 7) is 1.51. The highest BCUT2D eigenvalue weighted by molar-refractivity contribution is 7.94. The van der Waals surface area contributed by atoms with E-state index >= 15 is 0 Å². The second-order valence-corrected chi connectivity index (χ2v) is 7.60. The number of carbonyl (C=O) groups excluding carboxylic acids is 1. The molecule has 1 amide bonds. The monoisotopic (exact) mass is 467 g/mol. The van der Waals surface area contributed by atoms with Crippen LogP contribution in [0.2, 0.25) is 0 Å². The van der Waals surface area contributed by atoms with Crippen molar-refractivity contribution in [3.05, 3.63) is 54.1 Å². The molecule has 0 aromatic heterocycles. The zero-order valence-electron chi connectivity index (χ0n) is 17.6. The number of nitriles is 1. The molecule has 0 radical (unpaired) electrons. The van der Waals surface area contributed by atoms with Crippen molar-refractivity contribution in [1.82, 2.24) is 10.6 Å². The highest BCUT2D eigenvalue weighted by Gasteiger charge is 2.42. The summed E-state index contributed by atoms with van der Waals surface area (Å²) in [5, 5.41) is 13.4. The maximum Gasteiger partial charge on any atom is 0.407 e. The van der Waals surface area contributed by atoms with Crippen LogP contribution >= 0.6 is 12.0 Å². The third-order valence-electron chi connectivity index (χ3n) is 4.56. The number of halogens is 3. The van der Waals surface area contributed by atoms with Crippen LogP contribution < -0.4 is 10.6 Å². The van der Waals surface area contributed by atoms with Crippen molar-refractivity contribution in [2.45, 2.75) is 42.9 Å². The number of alkyl halides is 3. The van der Waals surface area contributed by atoms with Gasteiger partial charge in [-0.3, -0.25) is 10.1 Å². The fourth-order valence-electron chi connectivity index (χ4n) is 3.05. The number of benzene rings is 2. The Morgan fingerprint density at radius 3 is 2.22 bits per heavy atom. The SMILES string of the molecule is CCC[C@H](N[C@@H](c1ccc(-c2ccc(SOOC)cc2)cc1)C(F)(F)F)C(=O)NCC#N. The van der Waals surface area contributed by atoms with Crippen LogP contribution in [0.4, 0.5) is 13.2 Å². The number of hydrogen-bond acceptors (Lipinski definition) is 6. The summed E-state index contributed by atoms with van der Waals surface area (Å²) in [7, 11) is 1.40. The molecule has 0 saturated carbocycles. The number of rotatable bonds is 11. The summed E-state index contributed by atoms with van der Waals surface area (Å²) in [6, 6.07) is 11.9. The molecule has 0 heterocycles. The average molecular weight is 468 g/mol. The van der Waals surface area contributed by atoms with Crippen LogP contribution in [0.25, 0.3) is 11.1 Å². The van der Waals surface area contributed by atoms with Gasteiger partial charge in [0, 0.05) is 4.90 Å². The highest BCUT2D eigenvalue weighted by Crippen LogP contribution is 2.34. The van der Waals surface area contributed by atoms with Gasteiger partial charge in [-0.05, 0) is 35.2 Å². The average Bonchev–Trinajstić information content (AvgIpc) is 2.78. The van der Waals surface area contributed by atoms with Crippen LogP contribution in [0, 0.1) is 11.3 Å². The molecule has 0 bridgehead atoms. The Morgan fingerprint density at radius 1 is 1.12 bits per heavy atom. The minimum atomic E-state index is -4.61. The Balaban J connectivity index is 2.21. The van der Waals surface area contributed by atoms with Crippen molar-refractivity contribution in [3.63, 3.8) is 0 Å². The number of hydrogen-bond donors (Lipinski definition) is 2. The van der Waals surface area contributed by atoms with E-state index in [0.717, 1.165) is 28.1 Å². The zero-order valence-corrected chi connectivity index (χ0v) is 18.4. The Hall–Kier alpha value is -2.58. The molecule has 172 valence electrons. The molecule has 2 aromatic rings. The number of nitrogens with one attached hydrogen (secondary N) is 2. The summed E-state index contributed by atoms with van der Waals surface area (Å²) >= 11 is 1.04. The lowest BCUT2D eigenvalue weighted by Gasteiger charge is -2.27. The molecule has 0 unspecified atom stereocenters. The van der Waals surface area contributed by atoms with E-state index in [1.165, 1.54) is 19.2 Å². The van der Waals surface area contributed by atoms with Gasteiger partial charge in [0.25, 0.3) is 0 Å². The van der Waals surface area contributed by atoms with Crippen molar-refractivity contribution in [1.29, 1.82) is 5.26 Å². The summed E-state index contributed by atoms with van der Waals surface area (Å²) in [4.78, 5) is 17.5. The molecule has 10 heteroatoms. The maximum atomic E-state index is 13.8. The van der Waals surface area contributed by atoms with E-state index in [1.807, 2.05) is 24.3 Å². The lowest BCUT2D eigenvalue weighted by atomic mass is 9.99. The first-order valence-corrected chi connectivity index (χ1v) is 10.6. The van der Waals surface area contributed by atoms with Crippen molar-refractivity contribution < 1.29 is 27.2 Å². The number of amides is 1. The molecule has 0 saturated heterocycles. The summed E-state index contributed by atoms with van der Waals surface area (Å²) in [5.41, 5.74) is 1.57. The van der Waals surface area contributed by atoms with Gasteiger partial charge < -0.3 is 5.32 Å². The Kier molecular flexibility index (Phi) is 9.99. The molecule has 0 fully saturated rings. The largest absolute Gasteiger partial charge is 0.407 e. The predicted molar refractivity (Wildman–Crippen MR) is 115 cm³/mol. The second kappa shape index (κ2) is 12.5. The van der Waals surface area contributed by atoms with Crippen molar-refractivity contribution in [2.24, 2.45) is 0 Å². The standard InChI is InChI=1S/C22H24F3N3O3S/c1-3-4-19(21(29)27-14-13-26)28-20(22(23,24)25)17-7-5-15(6-8-17)16-9-11-18(12-10-16)32-31-30-2/h5-12,19-20,28H,3-4,14H2,1-2H3,(H,27,29)/t19-,20-/m0/s1. The number of carbonyl (C=O) groups is 1. The molecule has 0 aliphatic heterocycles. The van der Waals surface area contributed by atoms with Crippen LogP contribution in [-0.4, -0.2) is 31.8 Å². The summed E-state index contributed by atoms with van der Waals surface area (Å²) in [5.74, 6) is -0.630. The van der Waals surface area contributed by atoms with Gasteiger partial charge in [0.2, 0.25) is 5.91 Å². The van der Waals surface area contributed by atoms with E-state index in [0.29, 0.717) is 6.42 Å². The molecule has 2 N–H and O–H groups in total. The van der Waals surface area contributed by atoms with Crippen LogP contribution in [0.15, 0.2) is 53.4 Å². The maximum absolute atomic E-state index is 13.8. The van der Waals surface area contributed by atoms with E-state index in [-0.39, 0.29) is 18.5 Å². The third kappa shape index (κ3) is 7.53. The Morgan fingerprint density at radius 2 is 1.72 bits per heavy atom. The predicted octanol–water partition coefficient (Wildman–Crippen LogP) is 4.94. The fourth-order valence-corrected chi connectivity index (χ4v) is 3.45.